The summed E-state index contributed by atoms with van der Waals surface area (Å²) in [5.41, 5.74) is 4.98. The van der Waals surface area contributed by atoms with Crippen LogP contribution in [0.15, 0.2) is 0 Å². The fourth-order valence-corrected chi connectivity index (χ4v) is 2.53. The van der Waals surface area contributed by atoms with Gasteiger partial charge in [-0.1, -0.05) is 6.92 Å². The largest absolute Gasteiger partial charge is 0.379 e. The molecule has 0 aromatic heterocycles. The van der Waals surface area contributed by atoms with E-state index in [-0.39, 0.29) is 23.1 Å². The molecule has 0 spiro atoms. The van der Waals surface area contributed by atoms with Gasteiger partial charge in [0.25, 0.3) is 0 Å². The van der Waals surface area contributed by atoms with E-state index in [1.54, 1.807) is 0 Å². The highest BCUT2D eigenvalue weighted by atomic mass is 16.5. The Morgan fingerprint density at radius 2 is 1.94 bits per heavy atom. The van der Waals surface area contributed by atoms with Crippen LogP contribution in [0, 0.1) is 11.3 Å². The number of nitrogens with two attached hydrogens (primary N) is 1. The van der Waals surface area contributed by atoms with Crippen LogP contribution >= 0.6 is 0 Å². The van der Waals surface area contributed by atoms with Crippen molar-refractivity contribution in [1.29, 1.82) is 0 Å². The number of carbonyl (C=O) groups excluding carboxylic acids is 2. The number of hydrogen-bond acceptors (Lipinski definition) is 3. The van der Waals surface area contributed by atoms with Crippen molar-refractivity contribution in [2.45, 2.75) is 26.2 Å². The summed E-state index contributed by atoms with van der Waals surface area (Å²) in [4.78, 5) is 25.3. The van der Waals surface area contributed by atoms with E-state index < -0.39 is 0 Å². The molecule has 0 aliphatic carbocycles. The average molecular weight is 240 g/mol. The third-order valence-electron chi connectivity index (χ3n) is 4.07. The van der Waals surface area contributed by atoms with Crippen LogP contribution in [0.4, 0.5) is 0 Å². The highest BCUT2D eigenvalue weighted by Gasteiger charge is 2.46. The van der Waals surface area contributed by atoms with Crippen molar-refractivity contribution in [1.82, 2.24) is 4.90 Å². The van der Waals surface area contributed by atoms with Crippen LogP contribution in [-0.2, 0) is 14.3 Å². The van der Waals surface area contributed by atoms with Crippen LogP contribution in [0.1, 0.15) is 26.2 Å². The Hall–Kier alpha value is -1.10. The normalized spacial score (nSPS) is 24.2. The molecule has 2 aliphatic heterocycles. The van der Waals surface area contributed by atoms with E-state index in [0.717, 1.165) is 6.42 Å². The second-order valence-electron chi connectivity index (χ2n) is 5.10. The molecular formula is C12H20N2O3. The Kier molecular flexibility index (Phi) is 3.38. The van der Waals surface area contributed by atoms with Crippen LogP contribution in [0.2, 0.25) is 0 Å². The minimum atomic E-state index is -0.292. The van der Waals surface area contributed by atoms with Gasteiger partial charge in [0.1, 0.15) is 0 Å². The van der Waals surface area contributed by atoms with Gasteiger partial charge in [0.05, 0.1) is 18.6 Å². The van der Waals surface area contributed by atoms with Crippen LogP contribution < -0.4 is 5.73 Å². The van der Waals surface area contributed by atoms with Gasteiger partial charge in [-0.15, -0.1) is 0 Å². The number of carbonyl (C=O) groups is 2. The van der Waals surface area contributed by atoms with Crippen molar-refractivity contribution in [3.8, 4) is 0 Å². The summed E-state index contributed by atoms with van der Waals surface area (Å²) in [5.74, 6) is -0.113. The molecule has 96 valence electrons. The third-order valence-corrected chi connectivity index (χ3v) is 4.07. The lowest BCUT2D eigenvalue weighted by molar-refractivity contribution is -0.174. The quantitative estimate of drug-likeness (QED) is 0.762. The zero-order valence-corrected chi connectivity index (χ0v) is 10.3. The van der Waals surface area contributed by atoms with Crippen molar-refractivity contribution < 1.29 is 14.3 Å². The van der Waals surface area contributed by atoms with Gasteiger partial charge in [-0.3, -0.25) is 9.59 Å². The van der Waals surface area contributed by atoms with Crippen LogP contribution in [0.25, 0.3) is 0 Å². The van der Waals surface area contributed by atoms with E-state index in [2.05, 4.69) is 0 Å². The van der Waals surface area contributed by atoms with Gasteiger partial charge >= 0.3 is 0 Å². The number of hydrogen-bond donors (Lipinski definition) is 1. The maximum Gasteiger partial charge on any atom is 0.233 e. The smallest absolute Gasteiger partial charge is 0.233 e. The first kappa shape index (κ1) is 12.4. The molecular weight excluding hydrogens is 220 g/mol. The molecule has 0 aromatic rings. The summed E-state index contributed by atoms with van der Waals surface area (Å²) in [6.45, 7) is 4.40. The van der Waals surface area contributed by atoms with Gasteiger partial charge < -0.3 is 15.4 Å². The lowest BCUT2D eigenvalue weighted by Crippen LogP contribution is -2.56. The van der Waals surface area contributed by atoms with Gasteiger partial charge in [-0.2, -0.15) is 0 Å². The minimum absolute atomic E-state index is 0.0609. The van der Waals surface area contributed by atoms with E-state index in [0.29, 0.717) is 39.1 Å². The maximum atomic E-state index is 12.3. The second-order valence-corrected chi connectivity index (χ2v) is 5.10. The summed E-state index contributed by atoms with van der Waals surface area (Å²) in [6, 6.07) is 0. The maximum absolute atomic E-state index is 12.3. The van der Waals surface area contributed by atoms with Gasteiger partial charge in [0.2, 0.25) is 11.8 Å². The molecule has 2 amide bonds. The predicted molar refractivity (Wildman–Crippen MR) is 62.0 cm³/mol. The van der Waals surface area contributed by atoms with Gasteiger partial charge in [0, 0.05) is 19.0 Å². The Morgan fingerprint density at radius 1 is 1.35 bits per heavy atom. The van der Waals surface area contributed by atoms with Crippen molar-refractivity contribution in [2.24, 2.45) is 17.1 Å². The molecule has 0 saturated carbocycles. The van der Waals surface area contributed by atoms with Crippen LogP contribution in [0.5, 0.6) is 0 Å². The number of ether oxygens (including phenoxy) is 1. The van der Waals surface area contributed by atoms with Crippen molar-refractivity contribution in [3.05, 3.63) is 0 Å². The summed E-state index contributed by atoms with van der Waals surface area (Å²) in [7, 11) is 0. The Bertz CT molecular complexity index is 312. The fourth-order valence-electron chi connectivity index (χ4n) is 2.53. The number of piperidine rings is 1. The fraction of sp³-hybridized carbons (Fsp3) is 0.833. The first-order chi connectivity index (χ1) is 8.09. The van der Waals surface area contributed by atoms with E-state index >= 15 is 0 Å². The first-order valence-corrected chi connectivity index (χ1v) is 6.25. The molecule has 2 N–H and O–H groups in total. The Morgan fingerprint density at radius 3 is 2.29 bits per heavy atom. The molecule has 5 heteroatoms. The highest BCUT2D eigenvalue weighted by Crippen LogP contribution is 2.34. The van der Waals surface area contributed by atoms with E-state index in [1.165, 1.54) is 0 Å². The molecule has 2 heterocycles. The molecule has 2 fully saturated rings. The molecule has 2 rings (SSSR count). The van der Waals surface area contributed by atoms with Crippen molar-refractivity contribution in [2.75, 3.05) is 26.3 Å². The SMILES string of the molecule is CCC1(C(=O)N2CCC(C(N)=O)CC2)COC1. The number of likely N-dealkylation sites (tertiary alicyclic amines) is 1. The molecule has 5 nitrogen and oxygen atoms in total. The zero-order chi connectivity index (χ0) is 12.5. The van der Waals surface area contributed by atoms with E-state index in [9.17, 15) is 9.59 Å². The molecule has 2 aliphatic rings. The number of primary amides is 1. The standard InChI is InChI=1S/C12H20N2O3/c1-2-12(7-17-8-12)11(16)14-5-3-9(4-6-14)10(13)15/h9H,2-8H2,1H3,(H2,13,15). The molecule has 0 radical (unpaired) electrons. The molecule has 17 heavy (non-hydrogen) atoms. The van der Waals surface area contributed by atoms with E-state index in [1.807, 2.05) is 11.8 Å². The summed E-state index contributed by atoms with van der Waals surface area (Å²) < 4.78 is 5.18. The highest BCUT2D eigenvalue weighted by molar-refractivity contribution is 5.84. The molecule has 0 bridgehead atoms. The van der Waals surface area contributed by atoms with Crippen molar-refractivity contribution in [3.63, 3.8) is 0 Å². The monoisotopic (exact) mass is 240 g/mol. The predicted octanol–water partition coefficient (Wildman–Crippen LogP) is 0.137. The number of nitrogens with zero attached hydrogens (tertiary/aromatic N) is 1. The Balaban J connectivity index is 1.92. The first-order valence-electron chi connectivity index (χ1n) is 6.25. The summed E-state index contributed by atoms with van der Waals surface area (Å²) in [5, 5.41) is 0. The van der Waals surface area contributed by atoms with Gasteiger partial charge in [0.15, 0.2) is 0 Å². The molecule has 0 atom stereocenters. The second kappa shape index (κ2) is 4.64. The van der Waals surface area contributed by atoms with Crippen molar-refractivity contribution >= 4 is 11.8 Å². The molecule has 0 aromatic carbocycles. The lowest BCUT2D eigenvalue weighted by Gasteiger charge is -2.44. The van der Waals surface area contributed by atoms with Gasteiger partial charge in [-0.05, 0) is 19.3 Å². The van der Waals surface area contributed by atoms with Crippen LogP contribution in [-0.4, -0.2) is 43.0 Å². The topological polar surface area (TPSA) is 72.6 Å². The minimum Gasteiger partial charge on any atom is -0.379 e. The molecule has 0 unspecified atom stereocenters. The van der Waals surface area contributed by atoms with Crippen LogP contribution in [0.3, 0.4) is 0 Å². The zero-order valence-electron chi connectivity index (χ0n) is 10.3. The lowest BCUT2D eigenvalue weighted by atomic mass is 9.81. The van der Waals surface area contributed by atoms with Gasteiger partial charge in [-0.25, -0.2) is 0 Å². The number of rotatable bonds is 3. The third kappa shape index (κ3) is 2.16. The average Bonchev–Trinajstić information content (AvgIpc) is 2.28. The summed E-state index contributed by atoms with van der Waals surface area (Å²) in [6.07, 6.45) is 2.21. The molecule has 2 saturated heterocycles. The van der Waals surface area contributed by atoms with E-state index in [4.69, 9.17) is 10.5 Å². The Labute approximate surface area is 101 Å². The summed E-state index contributed by atoms with van der Waals surface area (Å²) >= 11 is 0. The number of amides is 2.